The predicted molar refractivity (Wildman–Crippen MR) is 101 cm³/mol. The van der Waals surface area contributed by atoms with Gasteiger partial charge in [-0.25, -0.2) is 0 Å². The SMILES string of the molecule is COc1cc(C=CC(=O)Nc2ccc3c(c2)CCC3)cc(Cl)c1OC. The number of rotatable bonds is 5. The second-order valence-corrected chi connectivity index (χ2v) is 6.31. The van der Waals surface area contributed by atoms with Crippen LogP contribution in [0.25, 0.3) is 6.08 Å². The zero-order valence-corrected chi connectivity index (χ0v) is 15.0. The first kappa shape index (κ1) is 17.4. The summed E-state index contributed by atoms with van der Waals surface area (Å²) in [6.45, 7) is 0. The highest BCUT2D eigenvalue weighted by atomic mass is 35.5. The van der Waals surface area contributed by atoms with E-state index in [1.807, 2.05) is 6.07 Å². The number of carbonyl (C=O) groups excluding carboxylic acids is 1. The number of amides is 1. The van der Waals surface area contributed by atoms with E-state index in [1.54, 1.807) is 25.3 Å². The van der Waals surface area contributed by atoms with Crippen LogP contribution in [0.5, 0.6) is 11.5 Å². The minimum atomic E-state index is -0.191. The third-order valence-electron chi connectivity index (χ3n) is 4.25. The van der Waals surface area contributed by atoms with E-state index in [4.69, 9.17) is 21.1 Å². The monoisotopic (exact) mass is 357 g/mol. The first-order valence-electron chi connectivity index (χ1n) is 8.13. The quantitative estimate of drug-likeness (QED) is 0.801. The Labute approximate surface area is 152 Å². The molecule has 5 heteroatoms. The van der Waals surface area contributed by atoms with Gasteiger partial charge in [-0.3, -0.25) is 4.79 Å². The fourth-order valence-electron chi connectivity index (χ4n) is 3.04. The Kier molecular flexibility index (Phi) is 5.29. The lowest BCUT2D eigenvalue weighted by Gasteiger charge is -2.10. The number of aryl methyl sites for hydroxylation is 2. The summed E-state index contributed by atoms with van der Waals surface area (Å²) >= 11 is 6.17. The number of hydrogen-bond donors (Lipinski definition) is 1. The number of methoxy groups -OCH3 is 2. The number of hydrogen-bond acceptors (Lipinski definition) is 3. The number of benzene rings is 2. The average molecular weight is 358 g/mol. The molecule has 1 aliphatic carbocycles. The molecule has 0 fully saturated rings. The van der Waals surface area contributed by atoms with Crippen molar-refractivity contribution in [3.05, 3.63) is 58.1 Å². The van der Waals surface area contributed by atoms with Crippen LogP contribution in [0.2, 0.25) is 5.02 Å². The molecule has 2 aromatic carbocycles. The molecule has 0 spiro atoms. The molecule has 0 unspecified atom stereocenters. The van der Waals surface area contributed by atoms with Crippen molar-refractivity contribution in [2.24, 2.45) is 0 Å². The molecule has 0 heterocycles. The number of carbonyl (C=O) groups is 1. The van der Waals surface area contributed by atoms with Gasteiger partial charge in [-0.2, -0.15) is 0 Å². The Morgan fingerprint density at radius 2 is 1.92 bits per heavy atom. The molecule has 2 aromatic rings. The van der Waals surface area contributed by atoms with Crippen LogP contribution in [0.4, 0.5) is 5.69 Å². The molecule has 0 aromatic heterocycles. The van der Waals surface area contributed by atoms with Gasteiger partial charge in [0, 0.05) is 11.8 Å². The smallest absolute Gasteiger partial charge is 0.248 e. The Balaban J connectivity index is 1.71. The average Bonchev–Trinajstić information content (AvgIpc) is 3.07. The van der Waals surface area contributed by atoms with Crippen LogP contribution < -0.4 is 14.8 Å². The van der Waals surface area contributed by atoms with E-state index in [9.17, 15) is 4.79 Å². The summed E-state index contributed by atoms with van der Waals surface area (Å²) in [6, 6.07) is 9.59. The summed E-state index contributed by atoms with van der Waals surface area (Å²) in [4.78, 5) is 12.2. The molecule has 4 nitrogen and oxygen atoms in total. The van der Waals surface area contributed by atoms with Crippen LogP contribution >= 0.6 is 11.6 Å². The Morgan fingerprint density at radius 1 is 1.12 bits per heavy atom. The molecule has 1 N–H and O–H groups in total. The highest BCUT2D eigenvalue weighted by Gasteiger charge is 2.12. The second-order valence-electron chi connectivity index (χ2n) is 5.90. The third kappa shape index (κ3) is 3.97. The van der Waals surface area contributed by atoms with Gasteiger partial charge in [-0.1, -0.05) is 17.7 Å². The molecular formula is C20H20ClNO3. The maximum absolute atomic E-state index is 12.2. The fourth-order valence-corrected chi connectivity index (χ4v) is 3.34. The van der Waals surface area contributed by atoms with Crippen LogP contribution in [0.1, 0.15) is 23.1 Å². The highest BCUT2D eigenvalue weighted by Crippen LogP contribution is 2.36. The summed E-state index contributed by atoms with van der Waals surface area (Å²) in [5.74, 6) is 0.807. The van der Waals surface area contributed by atoms with Gasteiger partial charge in [0.1, 0.15) is 0 Å². The van der Waals surface area contributed by atoms with Crippen LogP contribution in [-0.4, -0.2) is 20.1 Å². The van der Waals surface area contributed by atoms with Crippen molar-refractivity contribution < 1.29 is 14.3 Å². The molecular weight excluding hydrogens is 338 g/mol. The van der Waals surface area contributed by atoms with Crippen molar-refractivity contribution in [1.29, 1.82) is 0 Å². The van der Waals surface area contributed by atoms with Crippen molar-refractivity contribution in [2.45, 2.75) is 19.3 Å². The molecule has 0 bridgehead atoms. The van der Waals surface area contributed by atoms with Gasteiger partial charge in [0.15, 0.2) is 11.5 Å². The number of ether oxygens (including phenoxy) is 2. The van der Waals surface area contributed by atoms with E-state index < -0.39 is 0 Å². The van der Waals surface area contributed by atoms with Crippen molar-refractivity contribution in [3.63, 3.8) is 0 Å². The van der Waals surface area contributed by atoms with Crippen molar-refractivity contribution in [3.8, 4) is 11.5 Å². The zero-order valence-electron chi connectivity index (χ0n) is 14.3. The predicted octanol–water partition coefficient (Wildman–Crippen LogP) is 4.50. The largest absolute Gasteiger partial charge is 0.493 e. The molecule has 3 rings (SSSR count). The minimum absolute atomic E-state index is 0.191. The van der Waals surface area contributed by atoms with Crippen LogP contribution in [-0.2, 0) is 17.6 Å². The van der Waals surface area contributed by atoms with Gasteiger partial charge in [0.05, 0.1) is 19.2 Å². The van der Waals surface area contributed by atoms with Gasteiger partial charge < -0.3 is 14.8 Å². The maximum atomic E-state index is 12.2. The molecule has 130 valence electrons. The third-order valence-corrected chi connectivity index (χ3v) is 4.53. The van der Waals surface area contributed by atoms with E-state index in [0.717, 1.165) is 24.1 Å². The lowest BCUT2D eigenvalue weighted by Crippen LogP contribution is -2.08. The van der Waals surface area contributed by atoms with Gasteiger partial charge in [-0.05, 0) is 66.3 Å². The molecule has 1 aliphatic rings. The lowest BCUT2D eigenvalue weighted by molar-refractivity contribution is -0.111. The summed E-state index contributed by atoms with van der Waals surface area (Å²) in [6.07, 6.45) is 6.57. The van der Waals surface area contributed by atoms with E-state index >= 15 is 0 Å². The van der Waals surface area contributed by atoms with Crippen LogP contribution in [0.3, 0.4) is 0 Å². The van der Waals surface area contributed by atoms with Gasteiger partial charge in [-0.15, -0.1) is 0 Å². The zero-order chi connectivity index (χ0) is 17.8. The first-order chi connectivity index (χ1) is 12.1. The molecule has 0 aliphatic heterocycles. The van der Waals surface area contributed by atoms with E-state index in [0.29, 0.717) is 16.5 Å². The first-order valence-corrected chi connectivity index (χ1v) is 8.51. The lowest BCUT2D eigenvalue weighted by atomic mass is 10.1. The van der Waals surface area contributed by atoms with Crippen molar-refractivity contribution in [2.75, 3.05) is 19.5 Å². The van der Waals surface area contributed by atoms with E-state index in [2.05, 4.69) is 17.4 Å². The van der Waals surface area contributed by atoms with E-state index in [1.165, 1.54) is 30.7 Å². The Morgan fingerprint density at radius 3 is 2.68 bits per heavy atom. The highest BCUT2D eigenvalue weighted by molar-refractivity contribution is 6.32. The molecule has 0 saturated carbocycles. The summed E-state index contributed by atoms with van der Waals surface area (Å²) in [7, 11) is 3.07. The number of halogens is 1. The van der Waals surface area contributed by atoms with Crippen molar-refractivity contribution >= 4 is 29.3 Å². The van der Waals surface area contributed by atoms with Crippen LogP contribution in [0.15, 0.2) is 36.4 Å². The summed E-state index contributed by atoms with van der Waals surface area (Å²) in [5.41, 5.74) is 4.29. The number of fused-ring (bicyclic) bond motifs is 1. The van der Waals surface area contributed by atoms with Gasteiger partial charge >= 0.3 is 0 Å². The summed E-state index contributed by atoms with van der Waals surface area (Å²) in [5, 5.41) is 3.32. The minimum Gasteiger partial charge on any atom is -0.493 e. The molecule has 0 radical (unpaired) electrons. The van der Waals surface area contributed by atoms with Crippen molar-refractivity contribution in [1.82, 2.24) is 0 Å². The number of nitrogens with one attached hydrogen (secondary N) is 1. The molecule has 25 heavy (non-hydrogen) atoms. The maximum Gasteiger partial charge on any atom is 0.248 e. The van der Waals surface area contributed by atoms with Gasteiger partial charge in [0.2, 0.25) is 5.91 Å². The number of anilines is 1. The molecule has 1 amide bonds. The molecule has 0 saturated heterocycles. The van der Waals surface area contributed by atoms with Crippen LogP contribution in [0, 0.1) is 0 Å². The standard InChI is InChI=1S/C20H20ClNO3/c1-24-18-11-13(10-17(21)20(18)25-2)6-9-19(23)22-16-8-7-14-4-3-5-15(14)12-16/h6-12H,3-5H2,1-2H3,(H,22,23). The normalized spacial score (nSPS) is 12.9. The second kappa shape index (κ2) is 7.62. The molecule has 0 atom stereocenters. The topological polar surface area (TPSA) is 47.6 Å². The van der Waals surface area contributed by atoms with E-state index in [-0.39, 0.29) is 5.91 Å². The fraction of sp³-hybridized carbons (Fsp3) is 0.250. The summed E-state index contributed by atoms with van der Waals surface area (Å²) < 4.78 is 10.5. The Bertz CT molecular complexity index is 830. The van der Waals surface area contributed by atoms with Gasteiger partial charge in [0.25, 0.3) is 0 Å². The Hall–Kier alpha value is -2.46.